The predicted molar refractivity (Wildman–Crippen MR) is 63.5 cm³/mol. The average molecular weight is 207 g/mol. The summed E-state index contributed by atoms with van der Waals surface area (Å²) < 4.78 is 0. The van der Waals surface area contributed by atoms with Crippen LogP contribution in [0, 0.1) is 0 Å². The molecule has 0 aliphatic carbocycles. The third kappa shape index (κ3) is 4.02. The van der Waals surface area contributed by atoms with Crippen LogP contribution in [0.5, 0.6) is 0 Å². The molecule has 1 atom stereocenters. The first-order chi connectivity index (χ1) is 7.27. The van der Waals surface area contributed by atoms with Crippen LogP contribution in [-0.4, -0.2) is 18.2 Å². The second-order valence-electron chi connectivity index (χ2n) is 3.68. The van der Waals surface area contributed by atoms with Crippen molar-refractivity contribution in [3.63, 3.8) is 0 Å². The molecule has 0 N–H and O–H groups in total. The van der Waals surface area contributed by atoms with E-state index in [1.807, 2.05) is 23.3 Å². The lowest BCUT2D eigenvalue weighted by Crippen LogP contribution is -2.26. The van der Waals surface area contributed by atoms with Gasteiger partial charge in [-0.3, -0.25) is 4.84 Å². The van der Waals surface area contributed by atoms with Crippen molar-refractivity contribution < 1.29 is 4.84 Å². The normalized spacial score (nSPS) is 13.1. The van der Waals surface area contributed by atoms with Gasteiger partial charge in [0.25, 0.3) is 0 Å². The summed E-state index contributed by atoms with van der Waals surface area (Å²) in [6.07, 6.45) is 1.26. The summed E-state index contributed by atoms with van der Waals surface area (Å²) in [6, 6.07) is 10.3. The van der Waals surface area contributed by atoms with Crippen LogP contribution in [0.1, 0.15) is 38.9 Å². The zero-order valence-corrected chi connectivity index (χ0v) is 9.94. The fourth-order valence-electron chi connectivity index (χ4n) is 1.54. The molecule has 0 radical (unpaired) electrons. The van der Waals surface area contributed by atoms with Gasteiger partial charge < -0.3 is 0 Å². The minimum Gasteiger partial charge on any atom is -0.291 e. The lowest BCUT2D eigenvalue weighted by atomic mass is 10.1. The molecule has 0 aliphatic heterocycles. The van der Waals surface area contributed by atoms with Crippen LogP contribution in [0.4, 0.5) is 0 Å². The Labute approximate surface area is 92.8 Å². The molecular formula is C13H21NO. The summed E-state index contributed by atoms with van der Waals surface area (Å²) in [7, 11) is 0. The summed E-state index contributed by atoms with van der Waals surface area (Å²) >= 11 is 0. The molecule has 0 amide bonds. The maximum Gasteiger partial charge on any atom is 0.101 e. The Morgan fingerprint density at radius 1 is 1.20 bits per heavy atom. The quantitative estimate of drug-likeness (QED) is 0.663. The fourth-order valence-corrected chi connectivity index (χ4v) is 1.54. The molecule has 84 valence electrons. The number of benzene rings is 1. The number of hydrogen-bond acceptors (Lipinski definition) is 2. The lowest BCUT2D eigenvalue weighted by molar-refractivity contribution is -0.192. The van der Waals surface area contributed by atoms with Gasteiger partial charge in [-0.1, -0.05) is 44.2 Å². The summed E-state index contributed by atoms with van der Waals surface area (Å²) in [5.41, 5.74) is 1.23. The SMILES string of the molecule is CCCN(CC)OC(C)c1ccccc1. The van der Waals surface area contributed by atoms with Gasteiger partial charge in [-0.05, 0) is 18.9 Å². The summed E-state index contributed by atoms with van der Waals surface area (Å²) in [5, 5.41) is 2.03. The Morgan fingerprint density at radius 2 is 1.87 bits per heavy atom. The Bertz CT molecular complexity index is 260. The number of hydroxylamine groups is 2. The molecule has 0 aromatic heterocycles. The Kier molecular flexibility index (Phi) is 5.37. The van der Waals surface area contributed by atoms with E-state index >= 15 is 0 Å². The van der Waals surface area contributed by atoms with Crippen LogP contribution in [0.3, 0.4) is 0 Å². The van der Waals surface area contributed by atoms with E-state index in [9.17, 15) is 0 Å². The van der Waals surface area contributed by atoms with Gasteiger partial charge in [0.15, 0.2) is 0 Å². The molecule has 0 heterocycles. The van der Waals surface area contributed by atoms with Crippen LogP contribution < -0.4 is 0 Å². The van der Waals surface area contributed by atoms with Gasteiger partial charge in [0.1, 0.15) is 6.10 Å². The molecule has 1 rings (SSSR count). The molecule has 0 bridgehead atoms. The van der Waals surface area contributed by atoms with Gasteiger partial charge >= 0.3 is 0 Å². The van der Waals surface area contributed by atoms with E-state index in [0.717, 1.165) is 19.5 Å². The van der Waals surface area contributed by atoms with Crippen molar-refractivity contribution in [2.45, 2.75) is 33.3 Å². The molecule has 0 saturated carbocycles. The second-order valence-corrected chi connectivity index (χ2v) is 3.68. The fraction of sp³-hybridized carbons (Fsp3) is 0.538. The van der Waals surface area contributed by atoms with Crippen LogP contribution in [-0.2, 0) is 4.84 Å². The predicted octanol–water partition coefficient (Wildman–Crippen LogP) is 3.41. The minimum atomic E-state index is 0.137. The van der Waals surface area contributed by atoms with Crippen LogP contribution in [0.25, 0.3) is 0 Å². The highest BCUT2D eigenvalue weighted by atomic mass is 16.7. The van der Waals surface area contributed by atoms with E-state index in [0.29, 0.717) is 0 Å². The van der Waals surface area contributed by atoms with Crippen molar-refractivity contribution in [2.24, 2.45) is 0 Å². The number of hydrogen-bond donors (Lipinski definition) is 0. The van der Waals surface area contributed by atoms with Gasteiger partial charge in [0.05, 0.1) is 0 Å². The maximum atomic E-state index is 5.86. The minimum absolute atomic E-state index is 0.137. The highest BCUT2D eigenvalue weighted by Crippen LogP contribution is 2.17. The first-order valence-electron chi connectivity index (χ1n) is 5.74. The third-order valence-electron chi connectivity index (χ3n) is 2.40. The summed E-state index contributed by atoms with van der Waals surface area (Å²) in [4.78, 5) is 5.86. The maximum absolute atomic E-state index is 5.86. The highest BCUT2D eigenvalue weighted by Gasteiger charge is 2.09. The lowest BCUT2D eigenvalue weighted by Gasteiger charge is -2.24. The van der Waals surface area contributed by atoms with Gasteiger partial charge in [-0.15, -0.1) is 0 Å². The van der Waals surface area contributed by atoms with Crippen molar-refractivity contribution in [1.29, 1.82) is 0 Å². The molecule has 15 heavy (non-hydrogen) atoms. The molecule has 0 spiro atoms. The van der Waals surface area contributed by atoms with Crippen LogP contribution in [0.15, 0.2) is 30.3 Å². The second kappa shape index (κ2) is 6.59. The summed E-state index contributed by atoms with van der Waals surface area (Å²) in [5.74, 6) is 0. The number of rotatable bonds is 6. The molecule has 1 unspecified atom stereocenters. The largest absolute Gasteiger partial charge is 0.291 e. The topological polar surface area (TPSA) is 12.5 Å². The molecule has 0 fully saturated rings. The summed E-state index contributed by atoms with van der Waals surface area (Å²) in [6.45, 7) is 8.30. The molecule has 2 heteroatoms. The van der Waals surface area contributed by atoms with Crippen molar-refractivity contribution in [1.82, 2.24) is 5.06 Å². The van der Waals surface area contributed by atoms with E-state index in [2.05, 4.69) is 32.9 Å². The van der Waals surface area contributed by atoms with Crippen LogP contribution in [0.2, 0.25) is 0 Å². The zero-order valence-electron chi connectivity index (χ0n) is 9.94. The third-order valence-corrected chi connectivity index (χ3v) is 2.40. The van der Waals surface area contributed by atoms with E-state index in [1.54, 1.807) is 0 Å². The molecular weight excluding hydrogens is 186 g/mol. The molecule has 0 saturated heterocycles. The van der Waals surface area contributed by atoms with E-state index in [1.165, 1.54) is 5.56 Å². The van der Waals surface area contributed by atoms with Gasteiger partial charge in [-0.2, -0.15) is 5.06 Å². The molecule has 2 nitrogen and oxygen atoms in total. The molecule has 1 aromatic rings. The van der Waals surface area contributed by atoms with Gasteiger partial charge in [-0.25, -0.2) is 0 Å². The Balaban J connectivity index is 2.50. The first-order valence-corrected chi connectivity index (χ1v) is 5.74. The molecule has 0 aliphatic rings. The van der Waals surface area contributed by atoms with E-state index in [-0.39, 0.29) is 6.10 Å². The van der Waals surface area contributed by atoms with Gasteiger partial charge in [0, 0.05) is 13.1 Å². The van der Waals surface area contributed by atoms with E-state index < -0.39 is 0 Å². The van der Waals surface area contributed by atoms with E-state index in [4.69, 9.17) is 4.84 Å². The highest BCUT2D eigenvalue weighted by molar-refractivity contribution is 5.16. The molecule has 1 aromatic carbocycles. The van der Waals surface area contributed by atoms with Crippen molar-refractivity contribution in [3.05, 3.63) is 35.9 Å². The van der Waals surface area contributed by atoms with Crippen LogP contribution >= 0.6 is 0 Å². The van der Waals surface area contributed by atoms with Crippen molar-refractivity contribution >= 4 is 0 Å². The Hall–Kier alpha value is -0.860. The Morgan fingerprint density at radius 3 is 2.40 bits per heavy atom. The monoisotopic (exact) mass is 207 g/mol. The van der Waals surface area contributed by atoms with Crippen molar-refractivity contribution in [3.8, 4) is 0 Å². The average Bonchev–Trinajstić information content (AvgIpc) is 2.29. The first kappa shape index (κ1) is 12.2. The van der Waals surface area contributed by atoms with Gasteiger partial charge in [0.2, 0.25) is 0 Å². The zero-order chi connectivity index (χ0) is 11.1. The smallest absolute Gasteiger partial charge is 0.101 e. The standard InChI is InChI=1S/C13H21NO/c1-4-11-14(5-2)15-12(3)13-9-7-6-8-10-13/h6-10,12H,4-5,11H2,1-3H3. The van der Waals surface area contributed by atoms with Crippen molar-refractivity contribution in [2.75, 3.05) is 13.1 Å². The number of nitrogens with zero attached hydrogens (tertiary/aromatic N) is 1.